The predicted molar refractivity (Wildman–Crippen MR) is 57.6 cm³/mol. The SMILES string of the molecule is CC(C)c1cn(C)c2ccc(=O)[nH]c12. The fourth-order valence-electron chi connectivity index (χ4n) is 1.76. The number of nitrogens with zero attached hydrogens (tertiary/aromatic N) is 1. The van der Waals surface area contributed by atoms with Gasteiger partial charge in [0.2, 0.25) is 5.56 Å². The Morgan fingerprint density at radius 1 is 1.36 bits per heavy atom. The molecule has 0 aliphatic rings. The van der Waals surface area contributed by atoms with E-state index < -0.39 is 0 Å². The molecule has 0 saturated carbocycles. The van der Waals surface area contributed by atoms with Crippen molar-refractivity contribution in [3.8, 4) is 0 Å². The van der Waals surface area contributed by atoms with Crippen molar-refractivity contribution in [2.45, 2.75) is 19.8 Å². The fourth-order valence-corrected chi connectivity index (χ4v) is 1.76. The molecular weight excluding hydrogens is 176 g/mol. The summed E-state index contributed by atoms with van der Waals surface area (Å²) in [5.74, 6) is 0.428. The van der Waals surface area contributed by atoms with Crippen molar-refractivity contribution in [2.24, 2.45) is 7.05 Å². The molecule has 2 aromatic rings. The second-order valence-electron chi connectivity index (χ2n) is 3.93. The minimum atomic E-state index is -0.0365. The molecule has 1 N–H and O–H groups in total. The van der Waals surface area contributed by atoms with E-state index in [4.69, 9.17) is 0 Å². The maximum atomic E-state index is 11.2. The Morgan fingerprint density at radius 3 is 2.71 bits per heavy atom. The Bertz CT molecular complexity index is 520. The van der Waals surface area contributed by atoms with Crippen LogP contribution in [0.1, 0.15) is 25.3 Å². The largest absolute Gasteiger partial charge is 0.349 e. The standard InChI is InChI=1S/C11H14N2O/c1-7(2)8-6-13(3)9-4-5-10(14)12-11(8)9/h4-7H,1-3H3,(H,12,14). The first-order chi connectivity index (χ1) is 6.59. The summed E-state index contributed by atoms with van der Waals surface area (Å²) in [6.07, 6.45) is 2.07. The van der Waals surface area contributed by atoms with Crippen LogP contribution in [0, 0.1) is 0 Å². The van der Waals surface area contributed by atoms with Gasteiger partial charge in [0.05, 0.1) is 11.0 Å². The van der Waals surface area contributed by atoms with Gasteiger partial charge >= 0.3 is 0 Å². The fraction of sp³-hybridized carbons (Fsp3) is 0.364. The number of pyridine rings is 1. The molecule has 0 atom stereocenters. The van der Waals surface area contributed by atoms with E-state index in [-0.39, 0.29) is 5.56 Å². The minimum Gasteiger partial charge on any atom is -0.349 e. The monoisotopic (exact) mass is 190 g/mol. The molecule has 0 spiro atoms. The Hall–Kier alpha value is -1.51. The normalized spacial score (nSPS) is 11.4. The number of hydrogen-bond acceptors (Lipinski definition) is 1. The minimum absolute atomic E-state index is 0.0365. The lowest BCUT2D eigenvalue weighted by atomic mass is 10.1. The molecule has 0 saturated heterocycles. The van der Waals surface area contributed by atoms with Gasteiger partial charge in [0.25, 0.3) is 0 Å². The zero-order valence-electron chi connectivity index (χ0n) is 8.66. The molecule has 0 unspecified atom stereocenters. The highest BCUT2D eigenvalue weighted by Crippen LogP contribution is 2.23. The quantitative estimate of drug-likeness (QED) is 0.733. The topological polar surface area (TPSA) is 37.8 Å². The Labute approximate surface area is 82.4 Å². The van der Waals surface area contributed by atoms with Gasteiger partial charge in [0, 0.05) is 19.3 Å². The first-order valence-corrected chi connectivity index (χ1v) is 4.78. The van der Waals surface area contributed by atoms with E-state index >= 15 is 0 Å². The molecule has 0 aromatic carbocycles. The van der Waals surface area contributed by atoms with Crippen LogP contribution in [0.2, 0.25) is 0 Å². The summed E-state index contributed by atoms with van der Waals surface area (Å²) in [5.41, 5.74) is 3.20. The maximum absolute atomic E-state index is 11.2. The molecule has 14 heavy (non-hydrogen) atoms. The highest BCUT2D eigenvalue weighted by atomic mass is 16.1. The lowest BCUT2D eigenvalue weighted by Gasteiger charge is -2.00. The molecule has 0 aliphatic carbocycles. The third-order valence-corrected chi connectivity index (χ3v) is 2.52. The summed E-state index contributed by atoms with van der Waals surface area (Å²) in [4.78, 5) is 14.1. The Balaban J connectivity index is 2.86. The van der Waals surface area contributed by atoms with Crippen LogP contribution >= 0.6 is 0 Å². The molecule has 0 fully saturated rings. The van der Waals surface area contributed by atoms with E-state index in [9.17, 15) is 4.79 Å². The van der Waals surface area contributed by atoms with Crippen molar-refractivity contribution in [2.75, 3.05) is 0 Å². The van der Waals surface area contributed by atoms with Gasteiger partial charge in [-0.05, 0) is 17.5 Å². The van der Waals surface area contributed by atoms with Crippen LogP contribution in [0.5, 0.6) is 0 Å². The van der Waals surface area contributed by atoms with Gasteiger partial charge in [0.15, 0.2) is 0 Å². The third kappa shape index (κ3) is 1.25. The summed E-state index contributed by atoms with van der Waals surface area (Å²) in [5, 5.41) is 0. The van der Waals surface area contributed by atoms with Crippen LogP contribution < -0.4 is 5.56 Å². The van der Waals surface area contributed by atoms with Gasteiger partial charge in [-0.2, -0.15) is 0 Å². The van der Waals surface area contributed by atoms with Gasteiger partial charge in [0.1, 0.15) is 0 Å². The van der Waals surface area contributed by atoms with E-state index in [1.54, 1.807) is 6.07 Å². The predicted octanol–water partition coefficient (Wildman–Crippen LogP) is 1.99. The van der Waals surface area contributed by atoms with Crippen LogP contribution in [0.3, 0.4) is 0 Å². The third-order valence-electron chi connectivity index (χ3n) is 2.52. The van der Waals surface area contributed by atoms with E-state index in [0.717, 1.165) is 11.0 Å². The van der Waals surface area contributed by atoms with Gasteiger partial charge in [-0.1, -0.05) is 13.8 Å². The number of H-pyrrole nitrogens is 1. The number of aryl methyl sites for hydroxylation is 1. The molecular formula is C11H14N2O. The lowest BCUT2D eigenvalue weighted by Crippen LogP contribution is -2.03. The summed E-state index contributed by atoms with van der Waals surface area (Å²) in [6.45, 7) is 4.25. The summed E-state index contributed by atoms with van der Waals surface area (Å²) < 4.78 is 2.04. The molecule has 3 heteroatoms. The zero-order valence-corrected chi connectivity index (χ0v) is 8.66. The van der Waals surface area contributed by atoms with E-state index in [1.165, 1.54) is 5.56 Å². The number of fused-ring (bicyclic) bond motifs is 1. The average molecular weight is 190 g/mol. The van der Waals surface area contributed by atoms with Gasteiger partial charge in [-0.15, -0.1) is 0 Å². The second kappa shape index (κ2) is 3.01. The van der Waals surface area contributed by atoms with Crippen molar-refractivity contribution in [3.05, 3.63) is 34.2 Å². The molecule has 0 radical (unpaired) electrons. The summed E-state index contributed by atoms with van der Waals surface area (Å²) in [7, 11) is 1.99. The van der Waals surface area contributed by atoms with Crippen molar-refractivity contribution in [1.29, 1.82) is 0 Å². The maximum Gasteiger partial charge on any atom is 0.248 e. The molecule has 0 aliphatic heterocycles. The first kappa shape index (κ1) is 9.06. The summed E-state index contributed by atoms with van der Waals surface area (Å²) >= 11 is 0. The van der Waals surface area contributed by atoms with Crippen molar-refractivity contribution < 1.29 is 0 Å². The van der Waals surface area contributed by atoms with Crippen LogP contribution in [0.4, 0.5) is 0 Å². The molecule has 0 amide bonds. The Morgan fingerprint density at radius 2 is 2.07 bits per heavy atom. The van der Waals surface area contributed by atoms with E-state index in [1.807, 2.05) is 17.7 Å². The first-order valence-electron chi connectivity index (χ1n) is 4.78. The number of aromatic nitrogens is 2. The smallest absolute Gasteiger partial charge is 0.248 e. The lowest BCUT2D eigenvalue weighted by molar-refractivity contribution is 0.855. The highest BCUT2D eigenvalue weighted by molar-refractivity contribution is 5.79. The number of nitrogens with one attached hydrogen (secondary N) is 1. The molecule has 2 aromatic heterocycles. The van der Waals surface area contributed by atoms with Crippen LogP contribution in [0.15, 0.2) is 23.1 Å². The van der Waals surface area contributed by atoms with E-state index in [0.29, 0.717) is 5.92 Å². The number of hydrogen-bond donors (Lipinski definition) is 1. The van der Waals surface area contributed by atoms with E-state index in [2.05, 4.69) is 25.0 Å². The second-order valence-corrected chi connectivity index (χ2v) is 3.93. The Kier molecular flexibility index (Phi) is 1.95. The van der Waals surface area contributed by atoms with Crippen LogP contribution in [-0.4, -0.2) is 9.55 Å². The molecule has 2 rings (SSSR count). The van der Waals surface area contributed by atoms with Gasteiger partial charge in [-0.25, -0.2) is 0 Å². The molecule has 74 valence electrons. The number of rotatable bonds is 1. The van der Waals surface area contributed by atoms with Crippen LogP contribution in [0.25, 0.3) is 11.0 Å². The number of aromatic amines is 1. The van der Waals surface area contributed by atoms with Crippen LogP contribution in [-0.2, 0) is 7.05 Å². The van der Waals surface area contributed by atoms with Crippen molar-refractivity contribution in [3.63, 3.8) is 0 Å². The van der Waals surface area contributed by atoms with Crippen molar-refractivity contribution in [1.82, 2.24) is 9.55 Å². The van der Waals surface area contributed by atoms with Crippen molar-refractivity contribution >= 4 is 11.0 Å². The average Bonchev–Trinajstić information content (AvgIpc) is 2.43. The molecule has 0 bridgehead atoms. The highest BCUT2D eigenvalue weighted by Gasteiger charge is 2.09. The molecule has 2 heterocycles. The zero-order chi connectivity index (χ0) is 10.3. The summed E-state index contributed by atoms with van der Waals surface area (Å²) in [6, 6.07) is 3.42. The van der Waals surface area contributed by atoms with Gasteiger partial charge < -0.3 is 9.55 Å². The molecule has 3 nitrogen and oxygen atoms in total. The van der Waals surface area contributed by atoms with Gasteiger partial charge in [-0.3, -0.25) is 4.79 Å².